The molecule has 0 aromatic rings. The second-order valence-electron chi connectivity index (χ2n) is 4.82. The second kappa shape index (κ2) is 7.03. The Balaban J connectivity index is 2.33. The summed E-state index contributed by atoms with van der Waals surface area (Å²) in [6.07, 6.45) is 20.0. The number of rotatable bonds is 6. The molecule has 0 fully saturated rings. The fraction of sp³-hybridized carbons (Fsp3) is 0.500. The highest BCUT2D eigenvalue weighted by molar-refractivity contribution is 6.72. The van der Waals surface area contributed by atoms with Gasteiger partial charge in [-0.2, -0.15) is 0 Å². The van der Waals surface area contributed by atoms with Crippen LogP contribution in [-0.4, -0.2) is 21.8 Å². The van der Waals surface area contributed by atoms with Gasteiger partial charge in [-0.05, 0) is 26.7 Å². The zero-order valence-corrected chi connectivity index (χ0v) is 12.9. The van der Waals surface area contributed by atoms with Gasteiger partial charge in [0.25, 0.3) is 0 Å². The number of hydrogen-bond donors (Lipinski definition) is 0. The van der Waals surface area contributed by atoms with Gasteiger partial charge in [0.2, 0.25) is 0 Å². The standard InChI is InChI=1S/C16H24O2Si/c1-3-17-19(18-4-2,15-11-7-5-8-12-15)16-13-9-6-10-14-16/h7-16H,3-6H2,1-2H3. The van der Waals surface area contributed by atoms with Crippen molar-refractivity contribution >= 4 is 8.56 Å². The lowest BCUT2D eigenvalue weighted by atomic mass is 10.2. The summed E-state index contributed by atoms with van der Waals surface area (Å²) in [6, 6.07) is 0. The molecule has 19 heavy (non-hydrogen) atoms. The van der Waals surface area contributed by atoms with E-state index in [1.165, 1.54) is 0 Å². The molecule has 0 aromatic carbocycles. The van der Waals surface area contributed by atoms with E-state index in [1.807, 2.05) is 0 Å². The van der Waals surface area contributed by atoms with Crippen molar-refractivity contribution in [2.24, 2.45) is 0 Å². The minimum absolute atomic E-state index is 0.304. The highest BCUT2D eigenvalue weighted by Crippen LogP contribution is 2.41. The third kappa shape index (κ3) is 3.16. The van der Waals surface area contributed by atoms with Crippen molar-refractivity contribution in [3.05, 3.63) is 48.6 Å². The van der Waals surface area contributed by atoms with E-state index < -0.39 is 8.56 Å². The van der Waals surface area contributed by atoms with Crippen LogP contribution in [0.5, 0.6) is 0 Å². The van der Waals surface area contributed by atoms with Crippen LogP contribution in [0.25, 0.3) is 0 Å². The van der Waals surface area contributed by atoms with Crippen LogP contribution in [0.15, 0.2) is 48.6 Å². The van der Waals surface area contributed by atoms with Crippen molar-refractivity contribution in [2.45, 2.75) is 37.8 Å². The van der Waals surface area contributed by atoms with Crippen LogP contribution in [0.4, 0.5) is 0 Å². The maximum absolute atomic E-state index is 6.26. The maximum atomic E-state index is 6.26. The predicted molar refractivity (Wildman–Crippen MR) is 82.3 cm³/mol. The molecule has 2 aliphatic rings. The molecule has 0 aliphatic heterocycles. The summed E-state index contributed by atoms with van der Waals surface area (Å²) in [5, 5.41) is 0. The lowest BCUT2D eigenvalue weighted by Crippen LogP contribution is -2.50. The normalized spacial score (nSPS) is 20.3. The Hall–Kier alpha value is -0.903. The van der Waals surface area contributed by atoms with Gasteiger partial charge in [-0.3, -0.25) is 0 Å². The molecule has 0 N–H and O–H groups in total. The van der Waals surface area contributed by atoms with E-state index in [0.717, 1.165) is 12.8 Å². The van der Waals surface area contributed by atoms with E-state index in [1.54, 1.807) is 0 Å². The van der Waals surface area contributed by atoms with Crippen LogP contribution in [0, 0.1) is 0 Å². The Labute approximate surface area is 117 Å². The van der Waals surface area contributed by atoms with Crippen LogP contribution in [0.2, 0.25) is 11.1 Å². The van der Waals surface area contributed by atoms with Gasteiger partial charge in [0, 0.05) is 24.3 Å². The quantitative estimate of drug-likeness (QED) is 0.532. The monoisotopic (exact) mass is 276 g/mol. The average Bonchev–Trinajstić information content (AvgIpc) is 2.49. The molecule has 0 unspecified atom stereocenters. The van der Waals surface area contributed by atoms with E-state index >= 15 is 0 Å². The fourth-order valence-corrected chi connectivity index (χ4v) is 6.64. The zero-order valence-electron chi connectivity index (χ0n) is 11.9. The third-order valence-corrected chi connectivity index (χ3v) is 7.70. The van der Waals surface area contributed by atoms with Crippen LogP contribution >= 0.6 is 0 Å². The first-order chi connectivity index (χ1) is 9.33. The molecule has 0 amide bonds. The molecule has 3 heteroatoms. The fourth-order valence-electron chi connectivity index (χ4n) is 2.82. The van der Waals surface area contributed by atoms with E-state index in [0.29, 0.717) is 24.3 Å². The minimum Gasteiger partial charge on any atom is -0.393 e. The van der Waals surface area contributed by atoms with Gasteiger partial charge in [-0.25, -0.2) is 0 Å². The van der Waals surface area contributed by atoms with Crippen molar-refractivity contribution in [1.82, 2.24) is 0 Å². The highest BCUT2D eigenvalue weighted by Gasteiger charge is 2.49. The molecule has 0 saturated carbocycles. The predicted octanol–water partition coefficient (Wildman–Crippen LogP) is 4.27. The van der Waals surface area contributed by atoms with E-state index in [-0.39, 0.29) is 0 Å². The average molecular weight is 276 g/mol. The Morgan fingerprint density at radius 2 is 1.16 bits per heavy atom. The Morgan fingerprint density at radius 3 is 1.47 bits per heavy atom. The van der Waals surface area contributed by atoms with Gasteiger partial charge in [0.1, 0.15) is 0 Å². The molecule has 0 heterocycles. The molecule has 0 spiro atoms. The van der Waals surface area contributed by atoms with Gasteiger partial charge < -0.3 is 8.85 Å². The largest absolute Gasteiger partial charge is 0.393 e. The molecule has 0 atom stereocenters. The van der Waals surface area contributed by atoms with Gasteiger partial charge in [0.15, 0.2) is 0 Å². The summed E-state index contributed by atoms with van der Waals surface area (Å²) in [5.41, 5.74) is 0.608. The topological polar surface area (TPSA) is 18.5 Å². The number of hydrogen-bond acceptors (Lipinski definition) is 2. The molecule has 104 valence electrons. The van der Waals surface area contributed by atoms with E-state index in [9.17, 15) is 0 Å². The van der Waals surface area contributed by atoms with Crippen molar-refractivity contribution < 1.29 is 8.85 Å². The third-order valence-electron chi connectivity index (χ3n) is 3.59. The smallest absolute Gasteiger partial charge is 0.360 e. The summed E-state index contributed by atoms with van der Waals surface area (Å²) in [6.45, 7) is 5.55. The van der Waals surface area contributed by atoms with Gasteiger partial charge in [0.05, 0.1) is 0 Å². The highest BCUT2D eigenvalue weighted by atomic mass is 28.4. The lowest BCUT2D eigenvalue weighted by molar-refractivity contribution is 0.177. The Morgan fingerprint density at radius 1 is 0.789 bits per heavy atom. The molecular formula is C16H24O2Si. The second-order valence-corrected chi connectivity index (χ2v) is 8.18. The van der Waals surface area contributed by atoms with Crippen LogP contribution < -0.4 is 0 Å². The van der Waals surface area contributed by atoms with Crippen molar-refractivity contribution in [3.63, 3.8) is 0 Å². The summed E-state index contributed by atoms with van der Waals surface area (Å²) >= 11 is 0. The molecule has 2 rings (SSSR count). The summed E-state index contributed by atoms with van der Waals surface area (Å²) in [5.74, 6) is 0. The molecule has 0 saturated heterocycles. The summed E-state index contributed by atoms with van der Waals surface area (Å²) in [7, 11) is -2.34. The maximum Gasteiger partial charge on any atom is 0.360 e. The van der Waals surface area contributed by atoms with E-state index in [4.69, 9.17) is 8.85 Å². The number of allylic oxidation sites excluding steroid dienone is 8. The summed E-state index contributed by atoms with van der Waals surface area (Å²) in [4.78, 5) is 0. The first kappa shape index (κ1) is 14.5. The molecule has 2 nitrogen and oxygen atoms in total. The Bertz CT molecular complexity index is 334. The summed E-state index contributed by atoms with van der Waals surface area (Å²) < 4.78 is 12.5. The SMILES string of the molecule is CCO[Si](OCC)(C1C=CCC=C1)C1C=CCC=C1. The Kier molecular flexibility index (Phi) is 5.37. The van der Waals surface area contributed by atoms with Gasteiger partial charge in [-0.15, -0.1) is 0 Å². The van der Waals surface area contributed by atoms with Crippen LogP contribution in [0.3, 0.4) is 0 Å². The minimum atomic E-state index is -2.34. The molecule has 0 aromatic heterocycles. The van der Waals surface area contributed by atoms with E-state index in [2.05, 4.69) is 62.5 Å². The van der Waals surface area contributed by atoms with Gasteiger partial charge >= 0.3 is 8.56 Å². The molecule has 0 radical (unpaired) electrons. The van der Waals surface area contributed by atoms with Crippen molar-refractivity contribution in [2.75, 3.05) is 13.2 Å². The molecule has 2 aliphatic carbocycles. The first-order valence-corrected chi connectivity index (χ1v) is 9.25. The van der Waals surface area contributed by atoms with Crippen LogP contribution in [-0.2, 0) is 8.85 Å². The first-order valence-electron chi connectivity index (χ1n) is 7.28. The molecular weight excluding hydrogens is 252 g/mol. The van der Waals surface area contributed by atoms with Gasteiger partial charge in [-0.1, -0.05) is 48.6 Å². The van der Waals surface area contributed by atoms with Crippen LogP contribution in [0.1, 0.15) is 26.7 Å². The van der Waals surface area contributed by atoms with Crippen molar-refractivity contribution in [3.8, 4) is 0 Å². The molecule has 0 bridgehead atoms. The van der Waals surface area contributed by atoms with Crippen molar-refractivity contribution in [1.29, 1.82) is 0 Å². The lowest BCUT2D eigenvalue weighted by Gasteiger charge is -2.39. The zero-order chi connectivity index (χ0) is 13.6.